The number of nitrogens with zero attached hydrogens (tertiary/aromatic N) is 2. The van der Waals surface area contributed by atoms with Crippen molar-refractivity contribution < 1.29 is 19.2 Å². The van der Waals surface area contributed by atoms with E-state index in [0.717, 1.165) is 18.0 Å². The molecule has 0 saturated carbocycles. The van der Waals surface area contributed by atoms with Gasteiger partial charge in [-0.05, 0) is 30.3 Å². The van der Waals surface area contributed by atoms with Crippen molar-refractivity contribution in [2.24, 2.45) is 0 Å². The number of nitro benzene ring substituents is 1. The summed E-state index contributed by atoms with van der Waals surface area (Å²) in [6.07, 6.45) is 1.70. The average Bonchev–Trinajstić information content (AvgIpc) is 2.60. The first-order chi connectivity index (χ1) is 11.6. The van der Waals surface area contributed by atoms with E-state index in [1.54, 1.807) is 24.4 Å². The van der Waals surface area contributed by atoms with Gasteiger partial charge in [-0.25, -0.2) is 4.79 Å². The Morgan fingerprint density at radius 1 is 1.12 bits per heavy atom. The zero-order chi connectivity index (χ0) is 17.1. The van der Waals surface area contributed by atoms with Crippen molar-refractivity contribution in [3.05, 3.63) is 70.4 Å². The maximum absolute atomic E-state index is 11.7. The molecule has 0 radical (unpaired) electrons. The van der Waals surface area contributed by atoms with E-state index < -0.39 is 10.9 Å². The van der Waals surface area contributed by atoms with Gasteiger partial charge < -0.3 is 9.47 Å². The molecule has 0 spiro atoms. The van der Waals surface area contributed by atoms with Gasteiger partial charge in [-0.2, -0.15) is 0 Å². The van der Waals surface area contributed by atoms with E-state index in [1.165, 1.54) is 18.2 Å². The normalized spacial score (nSPS) is 10.4. The molecule has 0 bridgehead atoms. The fraction of sp³-hybridized carbons (Fsp3) is 0.0588. The van der Waals surface area contributed by atoms with Gasteiger partial charge in [0.05, 0.1) is 17.5 Å². The highest BCUT2D eigenvalue weighted by Crippen LogP contribution is 2.29. The van der Waals surface area contributed by atoms with E-state index in [-0.39, 0.29) is 11.3 Å². The van der Waals surface area contributed by atoms with Crippen LogP contribution in [0.2, 0.25) is 0 Å². The van der Waals surface area contributed by atoms with E-state index >= 15 is 0 Å². The van der Waals surface area contributed by atoms with Gasteiger partial charge in [0.25, 0.3) is 5.69 Å². The number of esters is 1. The van der Waals surface area contributed by atoms with E-state index in [4.69, 9.17) is 4.74 Å². The van der Waals surface area contributed by atoms with Gasteiger partial charge >= 0.3 is 5.97 Å². The lowest BCUT2D eigenvalue weighted by Crippen LogP contribution is -2.05. The molecule has 7 nitrogen and oxygen atoms in total. The van der Waals surface area contributed by atoms with Gasteiger partial charge in [0.15, 0.2) is 0 Å². The third kappa shape index (κ3) is 3.00. The molecule has 3 rings (SSSR count). The predicted octanol–water partition coefficient (Wildman–Crippen LogP) is 3.72. The smallest absolute Gasteiger partial charge is 0.345 e. The monoisotopic (exact) mass is 324 g/mol. The van der Waals surface area contributed by atoms with Crippen molar-refractivity contribution >= 4 is 22.6 Å². The number of rotatable bonds is 4. The molecule has 3 aromatic rings. The van der Waals surface area contributed by atoms with Gasteiger partial charge in [0, 0.05) is 23.7 Å². The molecule has 0 saturated heterocycles. The minimum absolute atomic E-state index is 0.164. The highest BCUT2D eigenvalue weighted by Gasteiger charge is 2.21. The summed E-state index contributed by atoms with van der Waals surface area (Å²) in [7, 11) is 1.16. The van der Waals surface area contributed by atoms with Crippen LogP contribution in [0.4, 0.5) is 5.69 Å². The van der Waals surface area contributed by atoms with E-state index in [9.17, 15) is 14.9 Å². The number of fused-ring (bicyclic) bond motifs is 1. The Bertz CT molecular complexity index is 939. The summed E-state index contributed by atoms with van der Waals surface area (Å²) in [5, 5.41) is 11.9. The van der Waals surface area contributed by atoms with Crippen molar-refractivity contribution in [1.29, 1.82) is 0 Å². The maximum Gasteiger partial charge on any atom is 0.345 e. The Morgan fingerprint density at radius 3 is 2.62 bits per heavy atom. The standard InChI is InChI=1S/C17H12N2O5/c1-23-17(20)14-10-13(5-7-16(14)19(21)22)24-12-4-6-15-11(9-12)3-2-8-18-15/h2-10H,1H3. The molecule has 24 heavy (non-hydrogen) atoms. The SMILES string of the molecule is COC(=O)c1cc(Oc2ccc3ncccc3c2)ccc1[N+](=O)[O-]. The minimum Gasteiger partial charge on any atom is -0.465 e. The quantitative estimate of drug-likeness (QED) is 0.412. The molecule has 0 aliphatic rings. The Morgan fingerprint density at radius 2 is 1.88 bits per heavy atom. The second-order valence-corrected chi connectivity index (χ2v) is 4.89. The van der Waals surface area contributed by atoms with Crippen LogP contribution < -0.4 is 4.74 Å². The van der Waals surface area contributed by atoms with Crippen molar-refractivity contribution in [2.45, 2.75) is 0 Å². The number of hydrogen-bond donors (Lipinski definition) is 0. The topological polar surface area (TPSA) is 91.6 Å². The molecular formula is C17H12N2O5. The lowest BCUT2D eigenvalue weighted by molar-refractivity contribution is -0.385. The number of benzene rings is 2. The summed E-state index contributed by atoms with van der Waals surface area (Å²) in [4.78, 5) is 26.3. The summed E-state index contributed by atoms with van der Waals surface area (Å²) in [5.41, 5.74) is 0.322. The number of ether oxygens (including phenoxy) is 2. The van der Waals surface area contributed by atoms with Gasteiger partial charge in [-0.3, -0.25) is 15.1 Å². The first-order valence-corrected chi connectivity index (χ1v) is 6.98. The van der Waals surface area contributed by atoms with Crippen LogP contribution in [0.1, 0.15) is 10.4 Å². The maximum atomic E-state index is 11.7. The van der Waals surface area contributed by atoms with Gasteiger partial charge in [0.2, 0.25) is 0 Å². The van der Waals surface area contributed by atoms with E-state index in [1.807, 2.05) is 12.1 Å². The van der Waals surface area contributed by atoms with Crippen molar-refractivity contribution in [3.63, 3.8) is 0 Å². The summed E-state index contributed by atoms with van der Waals surface area (Å²) in [6.45, 7) is 0. The number of nitro groups is 1. The van der Waals surface area contributed by atoms with Crippen molar-refractivity contribution in [2.75, 3.05) is 7.11 Å². The summed E-state index contributed by atoms with van der Waals surface area (Å²) < 4.78 is 10.3. The predicted molar refractivity (Wildman–Crippen MR) is 86.3 cm³/mol. The Hall–Kier alpha value is -3.48. The molecular weight excluding hydrogens is 312 g/mol. The van der Waals surface area contributed by atoms with E-state index in [2.05, 4.69) is 9.72 Å². The van der Waals surface area contributed by atoms with Crippen LogP contribution in [-0.2, 0) is 4.74 Å². The Kier molecular flexibility index (Phi) is 4.07. The number of methoxy groups -OCH3 is 1. The zero-order valence-electron chi connectivity index (χ0n) is 12.6. The molecule has 2 aromatic carbocycles. The highest BCUT2D eigenvalue weighted by atomic mass is 16.6. The molecule has 1 aromatic heterocycles. The molecule has 0 aliphatic heterocycles. The largest absolute Gasteiger partial charge is 0.465 e. The molecule has 0 aliphatic carbocycles. The number of carbonyl (C=O) groups excluding carboxylic acids is 1. The van der Waals surface area contributed by atoms with Gasteiger partial charge in [-0.1, -0.05) is 6.07 Å². The van der Waals surface area contributed by atoms with Gasteiger partial charge in [0.1, 0.15) is 17.1 Å². The lowest BCUT2D eigenvalue weighted by Gasteiger charge is -2.08. The molecule has 120 valence electrons. The van der Waals surface area contributed by atoms with Crippen molar-refractivity contribution in [1.82, 2.24) is 4.98 Å². The lowest BCUT2D eigenvalue weighted by atomic mass is 10.1. The molecule has 1 heterocycles. The third-order valence-electron chi connectivity index (χ3n) is 3.38. The third-order valence-corrected chi connectivity index (χ3v) is 3.38. The first kappa shape index (κ1) is 15.4. The summed E-state index contributed by atoms with van der Waals surface area (Å²) >= 11 is 0. The molecule has 7 heteroatoms. The Labute approximate surface area is 136 Å². The summed E-state index contributed by atoms with van der Waals surface area (Å²) in [6, 6.07) is 13.0. The van der Waals surface area contributed by atoms with Crippen LogP contribution in [0.15, 0.2) is 54.7 Å². The average molecular weight is 324 g/mol. The summed E-state index contributed by atoms with van der Waals surface area (Å²) in [5.74, 6) is 0.0271. The van der Waals surface area contributed by atoms with Crippen LogP contribution in [0.25, 0.3) is 10.9 Å². The Balaban J connectivity index is 1.96. The first-order valence-electron chi connectivity index (χ1n) is 6.98. The molecule has 0 amide bonds. The molecule has 0 unspecified atom stereocenters. The second-order valence-electron chi connectivity index (χ2n) is 4.89. The van der Waals surface area contributed by atoms with Gasteiger partial charge in [-0.15, -0.1) is 0 Å². The van der Waals surface area contributed by atoms with Crippen LogP contribution in [0, 0.1) is 10.1 Å². The fourth-order valence-electron chi connectivity index (χ4n) is 2.26. The van der Waals surface area contributed by atoms with Crippen molar-refractivity contribution in [3.8, 4) is 11.5 Å². The van der Waals surface area contributed by atoms with Crippen LogP contribution in [0.5, 0.6) is 11.5 Å². The molecule has 0 atom stereocenters. The molecule has 0 fully saturated rings. The van der Waals surface area contributed by atoms with Crippen LogP contribution >= 0.6 is 0 Å². The number of pyridine rings is 1. The number of hydrogen-bond acceptors (Lipinski definition) is 6. The fourth-order valence-corrected chi connectivity index (χ4v) is 2.26. The molecule has 0 N–H and O–H groups in total. The number of aromatic nitrogens is 1. The second kappa shape index (κ2) is 6.33. The minimum atomic E-state index is -0.796. The van der Waals surface area contributed by atoms with Crippen LogP contribution in [0.3, 0.4) is 0 Å². The van der Waals surface area contributed by atoms with Crippen LogP contribution in [-0.4, -0.2) is 23.0 Å². The highest BCUT2D eigenvalue weighted by molar-refractivity contribution is 5.94. The van der Waals surface area contributed by atoms with E-state index in [0.29, 0.717) is 11.5 Å². The number of carbonyl (C=O) groups is 1. The zero-order valence-corrected chi connectivity index (χ0v) is 12.6.